The minimum atomic E-state index is -0.354. The van der Waals surface area contributed by atoms with E-state index >= 15 is 0 Å². The smallest absolute Gasteiger partial charge is 0.257 e. The molecule has 0 unspecified atom stereocenters. The zero-order valence-electron chi connectivity index (χ0n) is 21.3. The van der Waals surface area contributed by atoms with Gasteiger partial charge in [0.25, 0.3) is 5.91 Å². The van der Waals surface area contributed by atoms with Crippen molar-refractivity contribution >= 4 is 34.8 Å². The lowest BCUT2D eigenvalue weighted by atomic mass is 10.1. The highest BCUT2D eigenvalue weighted by Gasteiger charge is 2.16. The molecule has 0 aliphatic heterocycles. The number of nitrogens with zero attached hydrogens (tertiary/aromatic N) is 1. The first kappa shape index (κ1) is 26.4. The Balaban J connectivity index is 1.58. The molecular formula is C28H32N4O4. The van der Waals surface area contributed by atoms with Gasteiger partial charge in [0.2, 0.25) is 11.8 Å². The van der Waals surface area contributed by atoms with Gasteiger partial charge < -0.3 is 20.7 Å². The Morgan fingerprint density at radius 1 is 0.806 bits per heavy atom. The van der Waals surface area contributed by atoms with Crippen LogP contribution in [0.5, 0.6) is 5.75 Å². The van der Waals surface area contributed by atoms with Gasteiger partial charge in [-0.3, -0.25) is 19.3 Å². The number of ether oxygens (including phenoxy) is 1. The van der Waals surface area contributed by atoms with E-state index in [9.17, 15) is 14.4 Å². The van der Waals surface area contributed by atoms with Crippen LogP contribution in [0, 0.1) is 20.8 Å². The Hall–Kier alpha value is -4.17. The van der Waals surface area contributed by atoms with E-state index in [-0.39, 0.29) is 30.8 Å². The Kier molecular flexibility index (Phi) is 8.81. The van der Waals surface area contributed by atoms with Crippen LogP contribution in [0.3, 0.4) is 0 Å². The third kappa shape index (κ3) is 7.16. The molecule has 0 aliphatic carbocycles. The molecule has 188 valence electrons. The summed E-state index contributed by atoms with van der Waals surface area (Å²) in [7, 11) is 3.26. The van der Waals surface area contributed by atoms with Gasteiger partial charge in [-0.05, 0) is 75.3 Å². The Morgan fingerprint density at radius 2 is 1.39 bits per heavy atom. The van der Waals surface area contributed by atoms with Crippen molar-refractivity contribution in [2.45, 2.75) is 20.8 Å². The highest BCUT2D eigenvalue weighted by molar-refractivity contribution is 6.10. The van der Waals surface area contributed by atoms with Crippen LogP contribution in [0.4, 0.5) is 17.1 Å². The normalized spacial score (nSPS) is 10.6. The van der Waals surface area contributed by atoms with Crippen molar-refractivity contribution in [1.82, 2.24) is 4.90 Å². The van der Waals surface area contributed by atoms with Gasteiger partial charge in [-0.1, -0.05) is 29.8 Å². The zero-order valence-corrected chi connectivity index (χ0v) is 21.3. The van der Waals surface area contributed by atoms with Crippen molar-refractivity contribution in [2.75, 3.05) is 43.2 Å². The lowest BCUT2D eigenvalue weighted by molar-refractivity contribution is -0.119. The van der Waals surface area contributed by atoms with Crippen LogP contribution in [0.25, 0.3) is 0 Å². The quantitative estimate of drug-likeness (QED) is 0.415. The predicted octanol–water partition coefficient (Wildman–Crippen LogP) is 4.38. The SMILES string of the molecule is COc1ccc(NC(=O)c2ccccc2NC(=O)CN(C)CC(=O)Nc2c(C)cc(C)cc2C)cc1. The third-order valence-electron chi connectivity index (χ3n) is 5.56. The molecule has 3 rings (SSSR count). The molecule has 0 radical (unpaired) electrons. The first-order valence-corrected chi connectivity index (χ1v) is 11.6. The highest BCUT2D eigenvalue weighted by Crippen LogP contribution is 2.22. The van der Waals surface area contributed by atoms with E-state index in [1.807, 2.05) is 32.9 Å². The molecule has 3 aromatic carbocycles. The van der Waals surface area contributed by atoms with Crippen LogP contribution in [-0.4, -0.2) is 49.9 Å². The van der Waals surface area contributed by atoms with E-state index in [2.05, 4.69) is 16.0 Å². The number of hydrogen-bond donors (Lipinski definition) is 3. The van der Waals surface area contributed by atoms with Crippen molar-refractivity contribution in [2.24, 2.45) is 0 Å². The largest absolute Gasteiger partial charge is 0.497 e. The maximum absolute atomic E-state index is 12.8. The molecule has 0 heterocycles. The van der Waals surface area contributed by atoms with Gasteiger partial charge in [-0.25, -0.2) is 0 Å². The fourth-order valence-corrected chi connectivity index (χ4v) is 3.95. The number of carbonyl (C=O) groups is 3. The van der Waals surface area contributed by atoms with Crippen LogP contribution in [0.2, 0.25) is 0 Å². The van der Waals surface area contributed by atoms with Crippen LogP contribution in [0.15, 0.2) is 60.7 Å². The minimum absolute atomic E-state index is 0.0201. The monoisotopic (exact) mass is 488 g/mol. The average Bonchev–Trinajstić information content (AvgIpc) is 2.82. The number of amides is 3. The van der Waals surface area contributed by atoms with E-state index in [0.29, 0.717) is 22.7 Å². The van der Waals surface area contributed by atoms with Crippen molar-refractivity contribution in [3.8, 4) is 5.75 Å². The second-order valence-electron chi connectivity index (χ2n) is 8.77. The summed E-state index contributed by atoms with van der Waals surface area (Å²) in [5, 5.41) is 8.54. The van der Waals surface area contributed by atoms with Crippen molar-refractivity contribution in [3.05, 3.63) is 82.9 Å². The molecule has 0 aromatic heterocycles. The number of benzene rings is 3. The molecule has 8 nitrogen and oxygen atoms in total. The van der Waals surface area contributed by atoms with Crippen molar-refractivity contribution in [3.63, 3.8) is 0 Å². The van der Waals surface area contributed by atoms with Crippen LogP contribution in [0.1, 0.15) is 27.0 Å². The summed E-state index contributed by atoms with van der Waals surface area (Å²) in [6, 6.07) is 17.8. The number of methoxy groups -OCH3 is 1. The van der Waals surface area contributed by atoms with E-state index in [1.165, 1.54) is 0 Å². The van der Waals surface area contributed by atoms with Gasteiger partial charge in [0.05, 0.1) is 31.5 Å². The lowest BCUT2D eigenvalue weighted by Gasteiger charge is -2.18. The number of carbonyl (C=O) groups excluding carboxylic acids is 3. The zero-order chi connectivity index (χ0) is 26.2. The van der Waals surface area contributed by atoms with E-state index in [0.717, 1.165) is 22.4 Å². The van der Waals surface area contributed by atoms with Crippen LogP contribution < -0.4 is 20.7 Å². The van der Waals surface area contributed by atoms with Gasteiger partial charge >= 0.3 is 0 Å². The van der Waals surface area contributed by atoms with Gasteiger partial charge in [0.15, 0.2) is 0 Å². The molecule has 0 atom stereocenters. The van der Waals surface area contributed by atoms with Gasteiger partial charge in [0, 0.05) is 11.4 Å². The van der Waals surface area contributed by atoms with Crippen LogP contribution >= 0.6 is 0 Å². The average molecular weight is 489 g/mol. The Morgan fingerprint density at radius 3 is 2.00 bits per heavy atom. The summed E-state index contributed by atoms with van der Waals surface area (Å²) in [5.74, 6) is -0.215. The molecule has 0 aliphatic rings. The number of anilines is 3. The third-order valence-corrected chi connectivity index (χ3v) is 5.56. The topological polar surface area (TPSA) is 99.8 Å². The maximum atomic E-state index is 12.8. The molecule has 3 amide bonds. The molecule has 0 spiro atoms. The Labute approximate surface area is 211 Å². The van der Waals surface area contributed by atoms with Gasteiger partial charge in [0.1, 0.15) is 5.75 Å². The van der Waals surface area contributed by atoms with E-state index in [4.69, 9.17) is 4.74 Å². The maximum Gasteiger partial charge on any atom is 0.257 e. The molecule has 0 saturated heterocycles. The molecule has 0 saturated carbocycles. The second kappa shape index (κ2) is 12.0. The number of aryl methyl sites for hydroxylation is 3. The van der Waals surface area contributed by atoms with Crippen molar-refractivity contribution < 1.29 is 19.1 Å². The fourth-order valence-electron chi connectivity index (χ4n) is 3.95. The summed E-state index contributed by atoms with van der Waals surface area (Å²) in [4.78, 5) is 39.7. The molecule has 3 aromatic rings. The summed E-state index contributed by atoms with van der Waals surface area (Å²) in [6.07, 6.45) is 0. The molecule has 0 fully saturated rings. The predicted molar refractivity (Wildman–Crippen MR) is 143 cm³/mol. The summed E-state index contributed by atoms with van der Waals surface area (Å²) < 4.78 is 5.13. The number of nitrogens with one attached hydrogen (secondary N) is 3. The number of hydrogen-bond acceptors (Lipinski definition) is 5. The van der Waals surface area contributed by atoms with Crippen LogP contribution in [-0.2, 0) is 9.59 Å². The summed E-state index contributed by atoms with van der Waals surface area (Å²) in [5.41, 5.74) is 5.22. The second-order valence-corrected chi connectivity index (χ2v) is 8.77. The fraction of sp³-hybridized carbons (Fsp3) is 0.250. The summed E-state index contributed by atoms with van der Waals surface area (Å²) >= 11 is 0. The van der Waals surface area contributed by atoms with Crippen molar-refractivity contribution in [1.29, 1.82) is 0 Å². The molecule has 3 N–H and O–H groups in total. The minimum Gasteiger partial charge on any atom is -0.497 e. The first-order chi connectivity index (χ1) is 17.2. The summed E-state index contributed by atoms with van der Waals surface area (Å²) in [6.45, 7) is 5.94. The lowest BCUT2D eigenvalue weighted by Crippen LogP contribution is -2.36. The molecule has 36 heavy (non-hydrogen) atoms. The van der Waals surface area contributed by atoms with E-state index < -0.39 is 0 Å². The van der Waals surface area contributed by atoms with Gasteiger partial charge in [-0.2, -0.15) is 0 Å². The standard InChI is InChI=1S/C28H32N4O4/c1-18-14-19(2)27(20(3)15-18)31-26(34)17-32(4)16-25(33)30-24-9-7-6-8-23(24)28(35)29-21-10-12-22(36-5)13-11-21/h6-15H,16-17H2,1-5H3,(H,29,35)(H,30,33)(H,31,34). The Bertz CT molecular complexity index is 1230. The molecular weight excluding hydrogens is 456 g/mol. The molecule has 0 bridgehead atoms. The first-order valence-electron chi connectivity index (χ1n) is 11.6. The number of likely N-dealkylation sites (N-methyl/N-ethyl adjacent to an activating group) is 1. The highest BCUT2D eigenvalue weighted by atomic mass is 16.5. The molecule has 8 heteroatoms. The number of para-hydroxylation sites is 1. The van der Waals surface area contributed by atoms with Gasteiger partial charge in [-0.15, -0.1) is 0 Å². The van der Waals surface area contributed by atoms with E-state index in [1.54, 1.807) is 67.6 Å². The number of rotatable bonds is 9.